The number of aliphatic hydroxyl groups excluding tert-OH is 4. The lowest BCUT2D eigenvalue weighted by Crippen LogP contribution is -2.62. The topological polar surface area (TPSA) is 212 Å². The monoisotopic (exact) mass is 598 g/mol. The largest absolute Gasteiger partial charge is 0.504 e. The van der Waals surface area contributed by atoms with Crippen molar-refractivity contribution in [1.29, 1.82) is 0 Å². The maximum Gasteiger partial charge on any atom is 0.338 e. The van der Waals surface area contributed by atoms with E-state index in [9.17, 15) is 35.4 Å². The van der Waals surface area contributed by atoms with Gasteiger partial charge >= 0.3 is 5.97 Å². The molecule has 2 aliphatic heterocycles. The summed E-state index contributed by atoms with van der Waals surface area (Å²) in [5.74, 6) is -0.111. The molecule has 0 radical (unpaired) electrons. The Hall–Kier alpha value is -3.41. The highest BCUT2D eigenvalue weighted by Crippen LogP contribution is 2.35. The molecule has 8 atom stereocenters. The third kappa shape index (κ3) is 6.48. The van der Waals surface area contributed by atoms with Crippen molar-refractivity contribution in [3.63, 3.8) is 0 Å². The molecule has 2 aromatic rings. The Morgan fingerprint density at radius 1 is 0.952 bits per heavy atom. The van der Waals surface area contributed by atoms with Crippen LogP contribution in [0.3, 0.4) is 0 Å². The number of methoxy groups -OCH3 is 3. The van der Waals surface area contributed by atoms with Crippen LogP contribution in [0.5, 0.6) is 28.7 Å². The summed E-state index contributed by atoms with van der Waals surface area (Å²) in [6.45, 7) is -1.89. The van der Waals surface area contributed by atoms with Gasteiger partial charge in [-0.1, -0.05) is 0 Å². The minimum absolute atomic E-state index is 0.0134. The molecule has 0 aliphatic carbocycles. The summed E-state index contributed by atoms with van der Waals surface area (Å²) < 4.78 is 43.2. The van der Waals surface area contributed by atoms with E-state index in [1.54, 1.807) is 6.07 Å². The summed E-state index contributed by atoms with van der Waals surface area (Å²) in [4.78, 5) is 12.5. The summed E-state index contributed by atoms with van der Waals surface area (Å²) >= 11 is 0. The Labute approximate surface area is 240 Å². The van der Waals surface area contributed by atoms with E-state index in [0.29, 0.717) is 11.5 Å². The van der Waals surface area contributed by atoms with Gasteiger partial charge in [-0.15, -0.1) is 0 Å². The van der Waals surface area contributed by atoms with Crippen LogP contribution in [-0.2, 0) is 18.9 Å². The number of aliphatic hydroxyl groups is 5. The minimum atomic E-state index is -2.12. The molecule has 2 saturated heterocycles. The molecular weight excluding hydrogens is 564 g/mol. The number of aromatic hydroxyl groups is 1. The Morgan fingerprint density at radius 3 is 2.33 bits per heavy atom. The Morgan fingerprint density at radius 2 is 1.67 bits per heavy atom. The standard InChI is InChI=1S/C27H34O15/c1-35-16-7-5-14(9-18(16)37-3)40-25-22(21(31)20(30)19(10-28)41-25)42-26-23(32)27(34,12-39-26)11-38-24(33)13-4-6-15(29)17(8-13)36-2/h4-9,19-23,25-26,28-32,34H,10-12H2,1-3H3/t19-,20-,21+,22-,23+,25-,26+,27-/m1/s1. The molecule has 42 heavy (non-hydrogen) atoms. The van der Waals surface area contributed by atoms with Crippen LogP contribution in [-0.4, -0.2) is 126 Å². The zero-order valence-electron chi connectivity index (χ0n) is 23.0. The molecule has 15 nitrogen and oxygen atoms in total. The molecule has 2 heterocycles. The van der Waals surface area contributed by atoms with Gasteiger partial charge in [-0.25, -0.2) is 4.79 Å². The number of benzene rings is 2. The van der Waals surface area contributed by atoms with E-state index < -0.39 is 74.5 Å². The van der Waals surface area contributed by atoms with Crippen LogP contribution >= 0.6 is 0 Å². The van der Waals surface area contributed by atoms with Crippen molar-refractivity contribution in [3.8, 4) is 28.7 Å². The van der Waals surface area contributed by atoms with Gasteiger partial charge < -0.3 is 68.5 Å². The fraction of sp³-hybridized carbons (Fsp3) is 0.519. The van der Waals surface area contributed by atoms with Crippen molar-refractivity contribution in [2.24, 2.45) is 0 Å². The minimum Gasteiger partial charge on any atom is -0.504 e. The normalized spacial score (nSPS) is 30.9. The van der Waals surface area contributed by atoms with Crippen molar-refractivity contribution in [2.75, 3.05) is 41.2 Å². The number of rotatable bonds is 11. The summed E-state index contributed by atoms with van der Waals surface area (Å²) in [7, 11) is 4.18. The van der Waals surface area contributed by atoms with Crippen LogP contribution in [0.4, 0.5) is 0 Å². The molecule has 0 saturated carbocycles. The van der Waals surface area contributed by atoms with Gasteiger partial charge in [0.15, 0.2) is 41.0 Å². The SMILES string of the molecule is COc1cc(C(=O)OC[C@@]2(O)CO[C@@H](O[C@H]3[C@H](Oc4ccc(OC)c(OC)c4)O[C@H](CO)[C@@H](O)[C@@H]3O)[C@@H]2O)ccc1O. The molecule has 0 unspecified atom stereocenters. The molecule has 2 aromatic carbocycles. The molecule has 0 spiro atoms. The van der Waals surface area contributed by atoms with Crippen LogP contribution < -0.4 is 18.9 Å². The maximum atomic E-state index is 12.5. The van der Waals surface area contributed by atoms with Crippen molar-refractivity contribution < 1.29 is 73.3 Å². The average Bonchev–Trinajstić information content (AvgIpc) is 3.28. The van der Waals surface area contributed by atoms with Gasteiger partial charge in [-0.05, 0) is 30.3 Å². The van der Waals surface area contributed by atoms with E-state index >= 15 is 0 Å². The van der Waals surface area contributed by atoms with Crippen molar-refractivity contribution in [2.45, 2.75) is 48.7 Å². The molecule has 232 valence electrons. The second-order valence-corrected chi connectivity index (χ2v) is 9.63. The first-order valence-electron chi connectivity index (χ1n) is 12.8. The summed E-state index contributed by atoms with van der Waals surface area (Å²) in [6.07, 6.45) is -10.8. The van der Waals surface area contributed by atoms with Crippen molar-refractivity contribution in [3.05, 3.63) is 42.0 Å². The third-order valence-corrected chi connectivity index (χ3v) is 6.90. The number of esters is 1. The lowest BCUT2D eigenvalue weighted by molar-refractivity contribution is -0.318. The molecular formula is C27H34O15. The molecule has 2 aliphatic rings. The predicted octanol–water partition coefficient (Wildman–Crippen LogP) is -1.07. The Bertz CT molecular complexity index is 1220. The van der Waals surface area contributed by atoms with Gasteiger partial charge in [0.05, 0.1) is 40.1 Å². The van der Waals surface area contributed by atoms with Gasteiger partial charge in [0.25, 0.3) is 0 Å². The smallest absolute Gasteiger partial charge is 0.338 e. The molecule has 0 aromatic heterocycles. The molecule has 15 heteroatoms. The number of phenols is 1. The van der Waals surface area contributed by atoms with Gasteiger partial charge in [0, 0.05) is 6.07 Å². The van der Waals surface area contributed by atoms with E-state index in [2.05, 4.69) is 0 Å². The van der Waals surface area contributed by atoms with Crippen LogP contribution in [0.2, 0.25) is 0 Å². The second-order valence-electron chi connectivity index (χ2n) is 9.63. The summed E-state index contributed by atoms with van der Waals surface area (Å²) in [5.41, 5.74) is -2.10. The van der Waals surface area contributed by atoms with Crippen LogP contribution in [0.25, 0.3) is 0 Å². The van der Waals surface area contributed by atoms with Gasteiger partial charge in [0.2, 0.25) is 6.29 Å². The number of phenolic OH excluding ortho intramolecular Hbond substituents is 1. The molecule has 0 bridgehead atoms. The first kappa shape index (κ1) is 31.5. The third-order valence-electron chi connectivity index (χ3n) is 6.90. The first-order chi connectivity index (χ1) is 20.0. The average molecular weight is 599 g/mol. The number of hydrogen-bond donors (Lipinski definition) is 6. The quantitative estimate of drug-likeness (QED) is 0.170. The molecule has 6 N–H and O–H groups in total. The predicted molar refractivity (Wildman–Crippen MR) is 138 cm³/mol. The van der Waals surface area contributed by atoms with Gasteiger partial charge in [-0.3, -0.25) is 0 Å². The lowest BCUT2D eigenvalue weighted by Gasteiger charge is -2.42. The molecule has 4 rings (SSSR count). The van der Waals surface area contributed by atoms with E-state index in [0.717, 1.165) is 0 Å². The van der Waals surface area contributed by atoms with Crippen LogP contribution in [0, 0.1) is 0 Å². The van der Waals surface area contributed by atoms with Gasteiger partial charge in [0.1, 0.15) is 36.8 Å². The zero-order valence-corrected chi connectivity index (χ0v) is 23.0. The maximum absolute atomic E-state index is 12.5. The lowest BCUT2D eigenvalue weighted by atomic mass is 9.98. The number of carbonyl (C=O) groups excluding carboxylic acids is 1. The van der Waals surface area contributed by atoms with Crippen LogP contribution in [0.15, 0.2) is 36.4 Å². The second kappa shape index (κ2) is 13.3. The highest BCUT2D eigenvalue weighted by Gasteiger charge is 2.54. The summed E-state index contributed by atoms with van der Waals surface area (Å²) in [6, 6.07) is 8.30. The van der Waals surface area contributed by atoms with Crippen molar-refractivity contribution in [1.82, 2.24) is 0 Å². The van der Waals surface area contributed by atoms with Crippen molar-refractivity contribution >= 4 is 5.97 Å². The first-order valence-corrected chi connectivity index (χ1v) is 12.8. The highest BCUT2D eigenvalue weighted by atomic mass is 16.8. The number of ether oxygens (including phenoxy) is 8. The molecule has 2 fully saturated rings. The summed E-state index contributed by atoms with van der Waals surface area (Å²) in [5, 5.41) is 62.5. The number of hydrogen-bond acceptors (Lipinski definition) is 15. The highest BCUT2D eigenvalue weighted by molar-refractivity contribution is 5.90. The van der Waals surface area contributed by atoms with E-state index in [1.807, 2.05) is 0 Å². The van der Waals surface area contributed by atoms with E-state index in [4.69, 9.17) is 37.9 Å². The fourth-order valence-electron chi connectivity index (χ4n) is 4.45. The Balaban J connectivity index is 1.46. The fourth-order valence-corrected chi connectivity index (χ4v) is 4.45. The molecule has 0 amide bonds. The van der Waals surface area contributed by atoms with Crippen LogP contribution in [0.1, 0.15) is 10.4 Å². The van der Waals surface area contributed by atoms with E-state index in [-0.39, 0.29) is 22.8 Å². The zero-order chi connectivity index (χ0) is 30.6. The number of carbonyl (C=O) groups is 1. The van der Waals surface area contributed by atoms with E-state index in [1.165, 1.54) is 51.7 Å². The Kier molecular flexibility index (Phi) is 9.96. The van der Waals surface area contributed by atoms with Gasteiger partial charge in [-0.2, -0.15) is 0 Å².